The van der Waals surface area contributed by atoms with Gasteiger partial charge >= 0.3 is 68.5 Å². The van der Waals surface area contributed by atoms with Gasteiger partial charge in [-0.2, -0.15) is 0 Å². The molecule has 0 atom stereocenters. The molecule has 0 aromatic carbocycles. The molecule has 3 nitrogen and oxygen atoms in total. The first kappa shape index (κ1) is 16.1. The molecule has 0 aromatic heterocycles. The van der Waals surface area contributed by atoms with E-state index < -0.39 is 9.14 Å². The largest absolute Gasteiger partial charge is 2.00 e. The average Bonchev–Trinajstić information content (AvgIpc) is 0.722. The van der Waals surface area contributed by atoms with E-state index >= 15 is 0 Å². The number of halogens is 1. The zero-order valence-electron chi connectivity index (χ0n) is 3.48. The fourth-order valence-corrected chi connectivity index (χ4v) is 0. The Morgan fingerprint density at radius 2 is 1.14 bits per heavy atom. The summed E-state index contributed by atoms with van der Waals surface area (Å²) in [5.74, 6) is 0. The smallest absolute Gasteiger partial charge is 0.857 e. The molecule has 0 unspecified atom stereocenters. The van der Waals surface area contributed by atoms with Gasteiger partial charge in [-0.1, -0.05) is 9.14 Å². The van der Waals surface area contributed by atoms with Crippen LogP contribution in [0.1, 0.15) is 0 Å². The molecule has 0 saturated carbocycles. The minimum atomic E-state index is -5.86. The van der Waals surface area contributed by atoms with Gasteiger partial charge in [0.05, 0.1) is 0 Å². The fraction of sp³-hybridized carbons (Fsp3) is 0. The van der Waals surface area contributed by atoms with Crippen LogP contribution in [0.15, 0.2) is 0 Å². The van der Waals surface area contributed by atoms with Gasteiger partial charge in [-0.3, -0.25) is 0 Å². The molecule has 0 saturated heterocycles. The van der Waals surface area contributed by atoms with E-state index in [0.29, 0.717) is 0 Å². The Kier molecular flexibility index (Phi) is 14.5. The molecule has 0 aromatic rings. The molecule has 0 amide bonds. The van der Waals surface area contributed by atoms with Crippen molar-refractivity contribution in [2.45, 2.75) is 0 Å². The summed E-state index contributed by atoms with van der Waals surface area (Å²) in [7, 11) is -5.86. The third-order valence-electron chi connectivity index (χ3n) is 0. The maximum atomic E-state index is 10.2. The van der Waals surface area contributed by atoms with Crippen LogP contribution >= 0.6 is 0 Å². The summed E-state index contributed by atoms with van der Waals surface area (Å²) in [5, 5.41) is 0. The molecule has 0 N–H and O–H groups in total. The first-order chi connectivity index (χ1) is 2.00. The van der Waals surface area contributed by atoms with Gasteiger partial charge in [0.2, 0.25) is 0 Å². The molecular weight excluding hydrogens is 189 g/mol. The van der Waals surface area contributed by atoms with Crippen LogP contribution in [0.5, 0.6) is 0 Å². The van der Waals surface area contributed by atoms with Crippen molar-refractivity contribution in [2.75, 3.05) is 0 Å². The van der Waals surface area contributed by atoms with E-state index in [-0.39, 0.29) is 68.5 Å². The van der Waals surface area contributed by atoms with Crippen LogP contribution < -0.4 is 65.8 Å². The Morgan fingerprint density at radius 1 is 1.14 bits per heavy atom. The number of hydrogen-bond donors (Lipinski definition) is 0. The van der Waals surface area contributed by atoms with Crippen molar-refractivity contribution in [3.05, 3.63) is 0 Å². The minimum Gasteiger partial charge on any atom is -0.857 e. The van der Waals surface area contributed by atoms with Gasteiger partial charge in [-0.25, -0.2) is 0 Å². The van der Waals surface area contributed by atoms with E-state index in [1.54, 1.807) is 0 Å². The first-order valence-electron chi connectivity index (χ1n) is 0.801. The summed E-state index contributed by atoms with van der Waals surface area (Å²) in [4.78, 5) is 25.4. The topological polar surface area (TPSA) is 69.2 Å². The molecule has 0 fully saturated rings. The van der Waals surface area contributed by atoms with Crippen molar-refractivity contribution in [2.24, 2.45) is 0 Å². The summed E-state index contributed by atoms with van der Waals surface area (Å²) in [6.07, 6.45) is 0. The molecule has 1 radical (unpaired) electrons. The van der Waals surface area contributed by atoms with Crippen LogP contribution in [0, 0.1) is 0 Å². The van der Waals surface area contributed by atoms with E-state index in [2.05, 4.69) is 0 Å². The van der Waals surface area contributed by atoms with Crippen LogP contribution in [0.4, 0.5) is 4.11 Å². The van der Waals surface area contributed by atoms with Gasteiger partial charge in [-0.05, 0) is 0 Å². The maximum absolute atomic E-state index is 10.2. The zero-order chi connectivity index (χ0) is 4.50. The van der Waals surface area contributed by atoms with E-state index in [4.69, 9.17) is 14.4 Å². The molecule has 0 aliphatic carbocycles. The predicted molar refractivity (Wildman–Crippen MR) is 6.86 cm³/mol. The second kappa shape index (κ2) is 6.30. The summed E-state index contributed by atoms with van der Waals surface area (Å²) < 4.78 is 10.2. The van der Waals surface area contributed by atoms with Crippen LogP contribution in [0.25, 0.3) is 0 Å². The SMILES string of the molecule is [K+].[Mn+2].[O-][Si]([O-])([O-])F. The number of hydrogen-bond acceptors (Lipinski definition) is 3. The van der Waals surface area contributed by atoms with Crippen LogP contribution in [0.2, 0.25) is 0 Å². The third kappa shape index (κ3) is 65.7. The molecule has 0 heterocycles. The molecule has 7 heavy (non-hydrogen) atoms. The van der Waals surface area contributed by atoms with E-state index in [9.17, 15) is 4.11 Å². The van der Waals surface area contributed by atoms with Crippen molar-refractivity contribution in [3.63, 3.8) is 0 Å². The molecule has 7 heteroatoms. The Labute approximate surface area is 94.4 Å². The Balaban J connectivity index is -0.0000000800. The van der Waals surface area contributed by atoms with Crippen molar-refractivity contribution in [1.29, 1.82) is 0 Å². The van der Waals surface area contributed by atoms with E-state index in [1.165, 1.54) is 0 Å². The maximum Gasteiger partial charge on any atom is 2.00 e. The van der Waals surface area contributed by atoms with Crippen molar-refractivity contribution in [3.8, 4) is 0 Å². The Hall–Kier alpha value is 2.18. The first-order valence-corrected chi connectivity index (χ1v) is 2.40. The fourth-order valence-electron chi connectivity index (χ4n) is 0. The van der Waals surface area contributed by atoms with E-state index in [0.717, 1.165) is 0 Å². The van der Waals surface area contributed by atoms with Gasteiger partial charge in [0.15, 0.2) is 0 Å². The van der Waals surface area contributed by atoms with Crippen LogP contribution in [-0.2, 0) is 17.1 Å². The van der Waals surface area contributed by atoms with Gasteiger partial charge in [0, 0.05) is 0 Å². The van der Waals surface area contributed by atoms with Crippen LogP contribution in [-0.4, -0.2) is 9.14 Å². The summed E-state index contributed by atoms with van der Waals surface area (Å²) in [6, 6.07) is 0. The van der Waals surface area contributed by atoms with Gasteiger partial charge in [0.1, 0.15) is 0 Å². The molecule has 37 valence electrons. The molecule has 0 bridgehead atoms. The quantitative estimate of drug-likeness (QED) is 0.281. The van der Waals surface area contributed by atoms with Crippen molar-refractivity contribution in [1.82, 2.24) is 0 Å². The Morgan fingerprint density at radius 3 is 1.14 bits per heavy atom. The molecule has 0 aliphatic heterocycles. The minimum absolute atomic E-state index is 0. The van der Waals surface area contributed by atoms with E-state index in [1.807, 2.05) is 0 Å². The molecule has 0 aliphatic rings. The van der Waals surface area contributed by atoms with Crippen LogP contribution in [0.3, 0.4) is 0 Å². The molecular formula is FKMnO3Si. The van der Waals surface area contributed by atoms with Gasteiger partial charge < -0.3 is 18.5 Å². The van der Waals surface area contributed by atoms with Gasteiger partial charge in [-0.15, -0.1) is 0 Å². The second-order valence-electron chi connectivity index (χ2n) is 0.481. The van der Waals surface area contributed by atoms with Gasteiger partial charge in [0.25, 0.3) is 0 Å². The molecule has 0 rings (SSSR count). The summed E-state index contributed by atoms with van der Waals surface area (Å²) >= 11 is 0. The zero-order valence-corrected chi connectivity index (χ0v) is 8.78. The third-order valence-corrected chi connectivity index (χ3v) is 0. The predicted octanol–water partition coefficient (Wildman–Crippen LogP) is -6.53. The second-order valence-corrected chi connectivity index (χ2v) is 1.44. The monoisotopic (exact) mass is 189 g/mol. The average molecular weight is 189 g/mol. The van der Waals surface area contributed by atoms with Crippen molar-refractivity contribution < 1.29 is 86.9 Å². The summed E-state index contributed by atoms with van der Waals surface area (Å²) in [6.45, 7) is 0. The summed E-state index contributed by atoms with van der Waals surface area (Å²) in [5.41, 5.74) is 0. The molecule has 0 spiro atoms. The normalized spacial score (nSPS) is 8.57. The number of rotatable bonds is 0. The van der Waals surface area contributed by atoms with Crippen molar-refractivity contribution >= 4 is 9.14 Å². The Bertz CT molecular complexity index is 30.4. The standard InChI is InChI=1S/FO3Si.K.Mn/c1-5(2,3)4;;/q-3;+1;+2.